The number of aliphatic hydroxyl groups excluding tert-OH is 1. The van der Waals surface area contributed by atoms with Crippen LogP contribution in [0.5, 0.6) is 0 Å². The molecule has 0 bridgehead atoms. The highest BCUT2D eigenvalue weighted by molar-refractivity contribution is 5.78. The number of amides is 1. The van der Waals surface area contributed by atoms with Gasteiger partial charge in [0, 0.05) is 13.1 Å². The van der Waals surface area contributed by atoms with Gasteiger partial charge in [-0.2, -0.15) is 0 Å². The van der Waals surface area contributed by atoms with Gasteiger partial charge in [0.15, 0.2) is 0 Å². The minimum atomic E-state index is -0.257. The van der Waals surface area contributed by atoms with Gasteiger partial charge in [0.25, 0.3) is 0 Å². The van der Waals surface area contributed by atoms with Crippen LogP contribution in [0.15, 0.2) is 0 Å². The number of nitrogens with zero attached hydrogens (tertiary/aromatic N) is 1. The first-order valence-corrected chi connectivity index (χ1v) is 6.80. The second-order valence-electron chi connectivity index (χ2n) is 5.08. The standard InChI is InChI=1S/C13H26N2O2/c1-3-4-5-7-14-13(17)10-15-8-6-12(9-15)11(2)16/h11-12,16H,3-10H2,1-2H3,(H,14,17). The molecule has 0 aromatic heterocycles. The van der Waals surface area contributed by atoms with Crippen LogP contribution in [0.2, 0.25) is 0 Å². The van der Waals surface area contributed by atoms with Gasteiger partial charge in [-0.15, -0.1) is 0 Å². The molecule has 2 atom stereocenters. The van der Waals surface area contributed by atoms with Gasteiger partial charge in [-0.05, 0) is 32.2 Å². The Morgan fingerprint density at radius 2 is 2.29 bits per heavy atom. The van der Waals surface area contributed by atoms with Crippen LogP contribution < -0.4 is 5.32 Å². The van der Waals surface area contributed by atoms with Crippen molar-refractivity contribution in [2.24, 2.45) is 5.92 Å². The Bertz CT molecular complexity index is 231. The summed E-state index contributed by atoms with van der Waals surface area (Å²) in [7, 11) is 0. The van der Waals surface area contributed by atoms with Gasteiger partial charge in [-0.3, -0.25) is 9.69 Å². The van der Waals surface area contributed by atoms with Crippen molar-refractivity contribution in [2.75, 3.05) is 26.2 Å². The van der Waals surface area contributed by atoms with Crippen LogP contribution in [0.1, 0.15) is 39.5 Å². The molecule has 1 rings (SSSR count). The first-order valence-electron chi connectivity index (χ1n) is 6.80. The molecule has 1 aliphatic heterocycles. The minimum absolute atomic E-state index is 0.118. The van der Waals surface area contributed by atoms with Gasteiger partial charge < -0.3 is 10.4 Å². The van der Waals surface area contributed by atoms with Crippen molar-refractivity contribution in [2.45, 2.75) is 45.6 Å². The quantitative estimate of drug-likeness (QED) is 0.655. The molecule has 1 fully saturated rings. The number of carbonyl (C=O) groups excluding carboxylic acids is 1. The second-order valence-corrected chi connectivity index (χ2v) is 5.08. The number of hydrogen-bond acceptors (Lipinski definition) is 3. The SMILES string of the molecule is CCCCCNC(=O)CN1CCC(C(C)O)C1. The number of nitrogens with one attached hydrogen (secondary N) is 1. The predicted octanol–water partition coefficient (Wildman–Crippen LogP) is 0.995. The lowest BCUT2D eigenvalue weighted by molar-refractivity contribution is -0.122. The number of unbranched alkanes of at least 4 members (excludes halogenated alkanes) is 2. The van der Waals surface area contributed by atoms with Crippen LogP contribution in [-0.4, -0.2) is 48.2 Å². The molecule has 4 heteroatoms. The third-order valence-corrected chi connectivity index (χ3v) is 3.46. The van der Waals surface area contributed by atoms with Crippen LogP contribution in [0.3, 0.4) is 0 Å². The van der Waals surface area contributed by atoms with Crippen molar-refractivity contribution in [1.82, 2.24) is 10.2 Å². The van der Waals surface area contributed by atoms with Crippen molar-refractivity contribution in [1.29, 1.82) is 0 Å². The molecule has 0 radical (unpaired) electrons. The topological polar surface area (TPSA) is 52.6 Å². The summed E-state index contributed by atoms with van der Waals surface area (Å²) in [5.41, 5.74) is 0. The Morgan fingerprint density at radius 3 is 2.88 bits per heavy atom. The third kappa shape index (κ3) is 5.50. The molecule has 0 spiro atoms. The maximum absolute atomic E-state index is 11.6. The van der Waals surface area contributed by atoms with Crippen LogP contribution in [-0.2, 0) is 4.79 Å². The van der Waals surface area contributed by atoms with E-state index in [9.17, 15) is 9.90 Å². The van der Waals surface area contributed by atoms with Crippen molar-refractivity contribution >= 4 is 5.91 Å². The van der Waals surface area contributed by atoms with E-state index in [4.69, 9.17) is 0 Å². The summed E-state index contributed by atoms with van der Waals surface area (Å²) < 4.78 is 0. The minimum Gasteiger partial charge on any atom is -0.393 e. The average Bonchev–Trinajstić information content (AvgIpc) is 2.73. The molecular weight excluding hydrogens is 216 g/mol. The molecule has 2 unspecified atom stereocenters. The molecule has 0 aliphatic carbocycles. The number of aliphatic hydroxyl groups is 1. The van der Waals surface area contributed by atoms with Gasteiger partial charge in [0.1, 0.15) is 0 Å². The monoisotopic (exact) mass is 242 g/mol. The summed E-state index contributed by atoms with van der Waals surface area (Å²) in [6.07, 6.45) is 4.17. The Kier molecular flexibility index (Phi) is 6.52. The van der Waals surface area contributed by atoms with E-state index < -0.39 is 0 Å². The summed E-state index contributed by atoms with van der Waals surface area (Å²) >= 11 is 0. The summed E-state index contributed by atoms with van der Waals surface area (Å²) in [6, 6.07) is 0. The fraction of sp³-hybridized carbons (Fsp3) is 0.923. The number of rotatable bonds is 7. The van der Waals surface area contributed by atoms with Crippen LogP contribution in [0, 0.1) is 5.92 Å². The second kappa shape index (κ2) is 7.67. The number of hydrogen-bond donors (Lipinski definition) is 2. The van der Waals surface area contributed by atoms with Crippen molar-refractivity contribution in [3.05, 3.63) is 0 Å². The lowest BCUT2D eigenvalue weighted by atomic mass is 10.0. The van der Waals surface area contributed by atoms with E-state index in [1.165, 1.54) is 12.8 Å². The van der Waals surface area contributed by atoms with Gasteiger partial charge in [-0.25, -0.2) is 0 Å². The first kappa shape index (κ1) is 14.5. The van der Waals surface area contributed by atoms with E-state index in [2.05, 4.69) is 17.1 Å². The molecule has 4 nitrogen and oxygen atoms in total. The lowest BCUT2D eigenvalue weighted by Gasteiger charge is -2.16. The first-order chi connectivity index (χ1) is 8.13. The summed E-state index contributed by atoms with van der Waals surface area (Å²) in [5.74, 6) is 0.454. The van der Waals surface area contributed by atoms with E-state index in [0.717, 1.165) is 32.5 Å². The Labute approximate surface area is 104 Å². The molecule has 1 amide bonds. The molecular formula is C13H26N2O2. The van der Waals surface area contributed by atoms with Gasteiger partial charge in [0.05, 0.1) is 12.6 Å². The van der Waals surface area contributed by atoms with Crippen LogP contribution in [0.25, 0.3) is 0 Å². The lowest BCUT2D eigenvalue weighted by Crippen LogP contribution is -2.37. The van der Waals surface area contributed by atoms with E-state index in [1.807, 2.05) is 6.92 Å². The van der Waals surface area contributed by atoms with Gasteiger partial charge in [-0.1, -0.05) is 19.8 Å². The summed E-state index contributed by atoms with van der Waals surface area (Å²) in [4.78, 5) is 13.8. The predicted molar refractivity (Wildman–Crippen MR) is 68.8 cm³/mol. The zero-order valence-electron chi connectivity index (χ0n) is 11.1. The van der Waals surface area contributed by atoms with Crippen LogP contribution >= 0.6 is 0 Å². The van der Waals surface area contributed by atoms with Gasteiger partial charge >= 0.3 is 0 Å². The molecule has 100 valence electrons. The Morgan fingerprint density at radius 1 is 1.53 bits per heavy atom. The van der Waals surface area contributed by atoms with Crippen molar-refractivity contribution in [3.8, 4) is 0 Å². The fourth-order valence-electron chi connectivity index (χ4n) is 2.26. The largest absolute Gasteiger partial charge is 0.393 e. The molecule has 0 aromatic rings. The zero-order chi connectivity index (χ0) is 12.7. The van der Waals surface area contributed by atoms with E-state index in [-0.39, 0.29) is 12.0 Å². The number of likely N-dealkylation sites (tertiary alicyclic amines) is 1. The highest BCUT2D eigenvalue weighted by Gasteiger charge is 2.26. The Hall–Kier alpha value is -0.610. The van der Waals surface area contributed by atoms with Crippen molar-refractivity contribution in [3.63, 3.8) is 0 Å². The van der Waals surface area contributed by atoms with E-state index >= 15 is 0 Å². The zero-order valence-corrected chi connectivity index (χ0v) is 11.1. The molecule has 2 N–H and O–H groups in total. The van der Waals surface area contributed by atoms with Crippen LogP contribution in [0.4, 0.5) is 0 Å². The van der Waals surface area contributed by atoms with Crippen molar-refractivity contribution < 1.29 is 9.90 Å². The summed E-state index contributed by atoms with van der Waals surface area (Å²) in [5, 5.41) is 12.4. The highest BCUT2D eigenvalue weighted by atomic mass is 16.3. The maximum atomic E-state index is 11.6. The third-order valence-electron chi connectivity index (χ3n) is 3.46. The molecule has 1 heterocycles. The van der Waals surface area contributed by atoms with Gasteiger partial charge in [0.2, 0.25) is 5.91 Å². The average molecular weight is 242 g/mol. The number of carbonyl (C=O) groups is 1. The van der Waals surface area contributed by atoms with E-state index in [1.54, 1.807) is 0 Å². The summed E-state index contributed by atoms with van der Waals surface area (Å²) in [6.45, 7) is 7.04. The fourth-order valence-corrected chi connectivity index (χ4v) is 2.26. The Balaban J connectivity index is 2.11. The normalized spacial score (nSPS) is 22.6. The molecule has 1 aliphatic rings. The van der Waals surface area contributed by atoms with E-state index in [0.29, 0.717) is 12.5 Å². The highest BCUT2D eigenvalue weighted by Crippen LogP contribution is 2.18. The smallest absolute Gasteiger partial charge is 0.234 e. The molecule has 17 heavy (non-hydrogen) atoms. The molecule has 1 saturated heterocycles. The molecule has 0 aromatic carbocycles. The molecule has 0 saturated carbocycles. The maximum Gasteiger partial charge on any atom is 0.234 e.